The van der Waals surface area contributed by atoms with Gasteiger partial charge in [0, 0.05) is 18.9 Å². The first-order valence-electron chi connectivity index (χ1n) is 7.17. The van der Waals surface area contributed by atoms with Crippen molar-refractivity contribution in [3.05, 3.63) is 35.4 Å². The number of rotatable bonds is 6. The summed E-state index contributed by atoms with van der Waals surface area (Å²) in [6, 6.07) is 8.70. The molecule has 0 fully saturated rings. The van der Waals surface area contributed by atoms with Gasteiger partial charge in [0.1, 0.15) is 5.78 Å². The lowest BCUT2D eigenvalue weighted by atomic mass is 9.86. The number of benzene rings is 1. The highest BCUT2D eigenvalue weighted by molar-refractivity contribution is 5.81. The van der Waals surface area contributed by atoms with Crippen LogP contribution in [0.2, 0.25) is 0 Å². The molecule has 0 spiro atoms. The lowest BCUT2D eigenvalue weighted by molar-refractivity contribution is -0.118. The van der Waals surface area contributed by atoms with Gasteiger partial charge in [-0.2, -0.15) is 0 Å². The molecule has 0 radical (unpaired) electrons. The summed E-state index contributed by atoms with van der Waals surface area (Å²) in [4.78, 5) is 11.9. The highest BCUT2D eigenvalue weighted by Crippen LogP contribution is 2.22. The molecule has 0 aliphatic heterocycles. The zero-order valence-electron chi connectivity index (χ0n) is 12.9. The number of hydrogen-bond acceptors (Lipinski definition) is 2. The summed E-state index contributed by atoms with van der Waals surface area (Å²) >= 11 is 0. The fourth-order valence-electron chi connectivity index (χ4n) is 2.18. The van der Waals surface area contributed by atoms with Crippen molar-refractivity contribution in [1.29, 1.82) is 0 Å². The van der Waals surface area contributed by atoms with Crippen molar-refractivity contribution in [2.24, 2.45) is 0 Å². The summed E-state index contributed by atoms with van der Waals surface area (Å²) in [5, 5.41) is 3.27. The fourth-order valence-corrected chi connectivity index (χ4v) is 2.18. The third-order valence-electron chi connectivity index (χ3n) is 3.31. The van der Waals surface area contributed by atoms with Crippen LogP contribution in [0.25, 0.3) is 0 Å². The minimum Gasteiger partial charge on any atom is -0.314 e. The molecule has 1 atom stereocenters. The first-order valence-corrected chi connectivity index (χ1v) is 7.17. The number of hydrogen-bond donors (Lipinski definition) is 1. The summed E-state index contributed by atoms with van der Waals surface area (Å²) in [7, 11) is 0. The molecule has 0 heterocycles. The maximum absolute atomic E-state index is 11.9. The molecule has 19 heavy (non-hydrogen) atoms. The van der Waals surface area contributed by atoms with Crippen LogP contribution in [0.3, 0.4) is 0 Å². The Morgan fingerprint density at radius 3 is 2.26 bits per heavy atom. The van der Waals surface area contributed by atoms with E-state index in [0.29, 0.717) is 18.6 Å². The molecule has 0 saturated carbocycles. The van der Waals surface area contributed by atoms with Crippen molar-refractivity contribution in [3.8, 4) is 0 Å². The first kappa shape index (κ1) is 15.9. The lowest BCUT2D eigenvalue weighted by Gasteiger charge is -2.19. The molecule has 1 aromatic rings. The van der Waals surface area contributed by atoms with E-state index in [4.69, 9.17) is 0 Å². The monoisotopic (exact) mass is 261 g/mol. The minimum absolute atomic E-state index is 0.169. The van der Waals surface area contributed by atoms with Crippen LogP contribution in [-0.4, -0.2) is 18.4 Å². The maximum atomic E-state index is 11.9. The van der Waals surface area contributed by atoms with Crippen molar-refractivity contribution in [3.63, 3.8) is 0 Å². The molecule has 2 nitrogen and oxygen atoms in total. The third-order valence-corrected chi connectivity index (χ3v) is 3.31. The predicted molar refractivity (Wildman–Crippen MR) is 81.6 cm³/mol. The van der Waals surface area contributed by atoms with Gasteiger partial charge in [-0.05, 0) is 30.0 Å². The largest absolute Gasteiger partial charge is 0.314 e. The van der Waals surface area contributed by atoms with Crippen molar-refractivity contribution >= 4 is 5.78 Å². The van der Waals surface area contributed by atoms with E-state index >= 15 is 0 Å². The van der Waals surface area contributed by atoms with Crippen LogP contribution < -0.4 is 5.32 Å². The molecule has 0 aliphatic carbocycles. The molecular formula is C17H27NO. The number of nitrogens with one attached hydrogen (secondary N) is 1. The van der Waals surface area contributed by atoms with Crippen molar-refractivity contribution in [2.75, 3.05) is 6.54 Å². The van der Waals surface area contributed by atoms with E-state index in [9.17, 15) is 4.79 Å². The molecule has 0 aliphatic rings. The van der Waals surface area contributed by atoms with Crippen molar-refractivity contribution in [1.82, 2.24) is 5.32 Å². The quantitative estimate of drug-likeness (QED) is 0.849. The van der Waals surface area contributed by atoms with Crippen LogP contribution in [0.4, 0.5) is 0 Å². The van der Waals surface area contributed by atoms with Crippen LogP contribution >= 0.6 is 0 Å². The van der Waals surface area contributed by atoms with Gasteiger partial charge in [-0.25, -0.2) is 0 Å². The SMILES string of the molecule is CCNC(C)CC(=O)Cc1ccc(C(C)(C)C)cc1. The van der Waals surface area contributed by atoms with Crippen LogP contribution in [0, 0.1) is 0 Å². The van der Waals surface area contributed by atoms with Gasteiger partial charge >= 0.3 is 0 Å². The van der Waals surface area contributed by atoms with E-state index in [1.807, 2.05) is 0 Å². The average molecular weight is 261 g/mol. The smallest absolute Gasteiger partial charge is 0.138 e. The molecule has 0 amide bonds. The Labute approximate surface area is 117 Å². The van der Waals surface area contributed by atoms with Gasteiger partial charge < -0.3 is 5.32 Å². The zero-order chi connectivity index (χ0) is 14.5. The summed E-state index contributed by atoms with van der Waals surface area (Å²) in [6.07, 6.45) is 1.15. The third kappa shape index (κ3) is 5.56. The van der Waals surface area contributed by atoms with E-state index in [1.165, 1.54) is 5.56 Å². The number of ketones is 1. The van der Waals surface area contributed by atoms with Crippen LogP contribution in [0.1, 0.15) is 52.2 Å². The summed E-state index contributed by atoms with van der Waals surface area (Å²) in [6.45, 7) is 11.6. The van der Waals surface area contributed by atoms with E-state index < -0.39 is 0 Å². The number of carbonyl (C=O) groups excluding carboxylic acids is 1. The second-order valence-electron chi connectivity index (χ2n) is 6.33. The van der Waals surface area contributed by atoms with E-state index in [1.54, 1.807) is 0 Å². The lowest BCUT2D eigenvalue weighted by Crippen LogP contribution is -2.28. The molecular weight excluding hydrogens is 234 g/mol. The van der Waals surface area contributed by atoms with E-state index in [-0.39, 0.29) is 11.5 Å². The Balaban J connectivity index is 2.56. The Morgan fingerprint density at radius 1 is 1.21 bits per heavy atom. The predicted octanol–water partition coefficient (Wildman–Crippen LogP) is 3.48. The second-order valence-corrected chi connectivity index (χ2v) is 6.33. The van der Waals surface area contributed by atoms with Crippen molar-refractivity contribution in [2.45, 2.75) is 58.9 Å². The van der Waals surface area contributed by atoms with Gasteiger partial charge in [0.05, 0.1) is 0 Å². The van der Waals surface area contributed by atoms with Gasteiger partial charge in [-0.1, -0.05) is 52.0 Å². The Morgan fingerprint density at radius 2 is 1.79 bits per heavy atom. The van der Waals surface area contributed by atoms with Crippen LogP contribution in [0.15, 0.2) is 24.3 Å². The average Bonchev–Trinajstić information content (AvgIpc) is 2.28. The highest BCUT2D eigenvalue weighted by atomic mass is 16.1. The van der Waals surface area contributed by atoms with Crippen LogP contribution in [-0.2, 0) is 16.6 Å². The highest BCUT2D eigenvalue weighted by Gasteiger charge is 2.14. The molecule has 0 bridgehead atoms. The molecule has 106 valence electrons. The topological polar surface area (TPSA) is 29.1 Å². The van der Waals surface area contributed by atoms with Gasteiger partial charge in [0.2, 0.25) is 0 Å². The molecule has 2 heteroatoms. The normalized spacial score (nSPS) is 13.3. The molecule has 1 unspecified atom stereocenters. The fraction of sp³-hybridized carbons (Fsp3) is 0.588. The Kier molecular flexibility index (Phi) is 5.74. The molecule has 0 aromatic heterocycles. The van der Waals surface area contributed by atoms with Crippen molar-refractivity contribution < 1.29 is 4.79 Å². The maximum Gasteiger partial charge on any atom is 0.138 e. The molecule has 1 N–H and O–H groups in total. The molecule has 1 rings (SSSR count). The molecule has 1 aromatic carbocycles. The first-order chi connectivity index (χ1) is 8.82. The summed E-state index contributed by atoms with van der Waals surface area (Å²) < 4.78 is 0. The summed E-state index contributed by atoms with van der Waals surface area (Å²) in [5.74, 6) is 0.303. The number of Topliss-reactive ketones (excluding diaryl/α,β-unsaturated/α-hetero) is 1. The van der Waals surface area contributed by atoms with Gasteiger partial charge in [0.15, 0.2) is 0 Å². The number of carbonyl (C=O) groups is 1. The van der Waals surface area contributed by atoms with E-state index in [2.05, 4.69) is 64.2 Å². The van der Waals surface area contributed by atoms with Gasteiger partial charge in [0.25, 0.3) is 0 Å². The Bertz CT molecular complexity index is 400. The second kappa shape index (κ2) is 6.85. The van der Waals surface area contributed by atoms with Crippen LogP contribution in [0.5, 0.6) is 0 Å². The standard InChI is InChI=1S/C17H27NO/c1-6-18-13(2)11-16(19)12-14-7-9-15(10-8-14)17(3,4)5/h7-10,13,18H,6,11-12H2,1-5H3. The van der Waals surface area contributed by atoms with Gasteiger partial charge in [-0.15, -0.1) is 0 Å². The van der Waals surface area contributed by atoms with E-state index in [0.717, 1.165) is 12.1 Å². The summed E-state index contributed by atoms with van der Waals surface area (Å²) in [5.41, 5.74) is 2.59. The zero-order valence-corrected chi connectivity index (χ0v) is 12.9. The Hall–Kier alpha value is -1.15. The molecule has 0 saturated heterocycles. The van der Waals surface area contributed by atoms with Gasteiger partial charge in [-0.3, -0.25) is 4.79 Å². The minimum atomic E-state index is 0.169.